The van der Waals surface area contributed by atoms with Gasteiger partial charge in [-0.3, -0.25) is 0 Å². The minimum absolute atomic E-state index is 0.251. The van der Waals surface area contributed by atoms with Gasteiger partial charge in [0.25, 0.3) is 0 Å². The van der Waals surface area contributed by atoms with Crippen molar-refractivity contribution in [2.75, 3.05) is 0 Å². The lowest BCUT2D eigenvalue weighted by Crippen LogP contribution is -2.13. The maximum absolute atomic E-state index is 14.5. The molecule has 1 aromatic carbocycles. The third-order valence-electron chi connectivity index (χ3n) is 6.07. The van der Waals surface area contributed by atoms with E-state index in [0.717, 1.165) is 17.0 Å². The summed E-state index contributed by atoms with van der Waals surface area (Å²) in [6.45, 7) is 4.32. The van der Waals surface area contributed by atoms with Crippen LogP contribution in [0.3, 0.4) is 0 Å². The molecule has 0 amide bonds. The lowest BCUT2D eigenvalue weighted by Gasteiger charge is -2.29. The molecule has 0 spiro atoms. The van der Waals surface area contributed by atoms with Gasteiger partial charge in [0.15, 0.2) is 5.82 Å². The SMILES string of the molecule is CCCCCC1CCC(c2ccc(-c3cnc(N=C=S)cc3F)c(C)c2)CC1. The van der Waals surface area contributed by atoms with Gasteiger partial charge >= 0.3 is 0 Å². The van der Waals surface area contributed by atoms with Crippen LogP contribution in [0.1, 0.15) is 75.3 Å². The third kappa shape index (κ3) is 5.12. The van der Waals surface area contributed by atoms with Gasteiger partial charge in [-0.25, -0.2) is 9.37 Å². The minimum atomic E-state index is -0.331. The van der Waals surface area contributed by atoms with Crippen LogP contribution < -0.4 is 0 Å². The Morgan fingerprint density at radius 1 is 1.14 bits per heavy atom. The van der Waals surface area contributed by atoms with Crippen molar-refractivity contribution in [1.82, 2.24) is 4.98 Å². The summed E-state index contributed by atoms with van der Waals surface area (Å²) in [5, 5.41) is 2.22. The molecule has 1 aromatic heterocycles. The van der Waals surface area contributed by atoms with Crippen LogP contribution in [0.4, 0.5) is 10.2 Å². The van der Waals surface area contributed by atoms with E-state index in [4.69, 9.17) is 0 Å². The molecule has 28 heavy (non-hydrogen) atoms. The summed E-state index contributed by atoms with van der Waals surface area (Å²) >= 11 is 4.56. The van der Waals surface area contributed by atoms with Crippen LogP contribution in [0.25, 0.3) is 11.1 Å². The highest BCUT2D eigenvalue weighted by Gasteiger charge is 2.22. The highest BCUT2D eigenvalue weighted by atomic mass is 32.1. The van der Waals surface area contributed by atoms with Gasteiger partial charge in [-0.2, -0.15) is 4.99 Å². The number of nitrogens with zero attached hydrogens (tertiary/aromatic N) is 2. The van der Waals surface area contributed by atoms with E-state index in [0.29, 0.717) is 11.5 Å². The lowest BCUT2D eigenvalue weighted by molar-refractivity contribution is 0.303. The minimum Gasteiger partial charge on any atom is -0.236 e. The number of thiocarbonyl (C=S) groups is 1. The zero-order chi connectivity index (χ0) is 19.9. The summed E-state index contributed by atoms with van der Waals surface area (Å²) in [5.41, 5.74) is 3.88. The van der Waals surface area contributed by atoms with Crippen LogP contribution in [-0.4, -0.2) is 10.1 Å². The Kier molecular flexibility index (Phi) is 7.47. The summed E-state index contributed by atoms with van der Waals surface area (Å²) in [5.74, 6) is 1.47. The molecule has 0 radical (unpaired) electrons. The molecule has 1 heterocycles. The molecule has 0 bridgehead atoms. The average molecular weight is 397 g/mol. The first kappa shape index (κ1) is 20.8. The van der Waals surface area contributed by atoms with E-state index in [-0.39, 0.29) is 11.6 Å². The summed E-state index contributed by atoms with van der Waals surface area (Å²) in [6.07, 6.45) is 12.2. The second-order valence-electron chi connectivity index (χ2n) is 8.01. The number of hydrogen-bond acceptors (Lipinski definition) is 3. The van der Waals surface area contributed by atoms with Gasteiger partial charge < -0.3 is 0 Å². The first-order valence-corrected chi connectivity index (χ1v) is 10.9. The summed E-state index contributed by atoms with van der Waals surface area (Å²) < 4.78 is 14.5. The molecular formula is C24H29FN2S. The van der Waals surface area contributed by atoms with E-state index in [1.54, 1.807) is 0 Å². The molecule has 1 fully saturated rings. The van der Waals surface area contributed by atoms with E-state index in [1.165, 1.54) is 69.2 Å². The second kappa shape index (κ2) is 10.0. The molecule has 0 atom stereocenters. The van der Waals surface area contributed by atoms with Crippen LogP contribution in [0.2, 0.25) is 0 Å². The summed E-state index contributed by atoms with van der Waals surface area (Å²) in [4.78, 5) is 7.91. The van der Waals surface area contributed by atoms with Crippen molar-refractivity contribution < 1.29 is 4.39 Å². The van der Waals surface area contributed by atoms with E-state index < -0.39 is 0 Å². The van der Waals surface area contributed by atoms with Crippen LogP contribution >= 0.6 is 12.2 Å². The molecule has 2 aromatic rings. The van der Waals surface area contributed by atoms with Crippen LogP contribution in [0.5, 0.6) is 0 Å². The highest BCUT2D eigenvalue weighted by molar-refractivity contribution is 7.78. The first-order chi connectivity index (χ1) is 13.6. The topological polar surface area (TPSA) is 25.2 Å². The molecule has 1 saturated carbocycles. The fourth-order valence-corrected chi connectivity index (χ4v) is 4.53. The fourth-order valence-electron chi connectivity index (χ4n) is 4.44. The molecule has 1 aliphatic carbocycles. The zero-order valence-corrected chi connectivity index (χ0v) is 17.7. The van der Waals surface area contributed by atoms with E-state index in [2.05, 4.69) is 53.3 Å². The number of benzene rings is 1. The van der Waals surface area contributed by atoms with Crippen molar-refractivity contribution >= 4 is 23.2 Å². The Morgan fingerprint density at radius 3 is 2.57 bits per heavy atom. The van der Waals surface area contributed by atoms with Crippen molar-refractivity contribution in [2.45, 2.75) is 71.1 Å². The molecule has 2 nitrogen and oxygen atoms in total. The number of pyridine rings is 1. The highest BCUT2D eigenvalue weighted by Crippen LogP contribution is 2.39. The fraction of sp³-hybridized carbons (Fsp3) is 0.500. The van der Waals surface area contributed by atoms with E-state index >= 15 is 0 Å². The quantitative estimate of drug-likeness (QED) is 0.271. The van der Waals surface area contributed by atoms with Crippen LogP contribution in [0.15, 0.2) is 35.5 Å². The Balaban J connectivity index is 1.69. The predicted octanol–water partition coefficient (Wildman–Crippen LogP) is 7.78. The summed E-state index contributed by atoms with van der Waals surface area (Å²) in [6, 6.07) is 7.76. The molecule has 0 unspecified atom stereocenters. The van der Waals surface area contributed by atoms with Gasteiger partial charge in [0.2, 0.25) is 0 Å². The van der Waals surface area contributed by atoms with Gasteiger partial charge in [-0.05, 0) is 73.4 Å². The largest absolute Gasteiger partial charge is 0.236 e. The Morgan fingerprint density at radius 2 is 1.93 bits per heavy atom. The van der Waals surface area contributed by atoms with Gasteiger partial charge in [-0.1, -0.05) is 50.8 Å². The normalized spacial score (nSPS) is 19.2. The molecule has 0 aliphatic heterocycles. The van der Waals surface area contributed by atoms with Gasteiger partial charge in [-0.15, -0.1) is 0 Å². The zero-order valence-electron chi connectivity index (χ0n) is 16.9. The Hall–Kier alpha value is -1.90. The molecule has 0 N–H and O–H groups in total. The number of aryl methyl sites for hydroxylation is 1. The molecule has 4 heteroatoms. The first-order valence-electron chi connectivity index (χ1n) is 10.5. The number of rotatable bonds is 7. The van der Waals surface area contributed by atoms with Gasteiger partial charge in [0.1, 0.15) is 5.82 Å². The standard InChI is InChI=1S/C24H29FN2S/c1-3-4-5-6-18-7-9-19(10-8-18)20-11-12-21(17(2)13-20)22-15-26-24(27-16-28)14-23(22)25/h11-15,18-19H,3-10H2,1-2H3. The van der Waals surface area contributed by atoms with Gasteiger partial charge in [0.05, 0.1) is 5.16 Å². The molecule has 148 valence electrons. The number of hydrogen-bond donors (Lipinski definition) is 0. The molecule has 3 rings (SSSR count). The number of halogens is 1. The average Bonchev–Trinajstić information content (AvgIpc) is 2.70. The summed E-state index contributed by atoms with van der Waals surface area (Å²) in [7, 11) is 0. The number of isothiocyanates is 1. The third-order valence-corrected chi connectivity index (χ3v) is 6.17. The second-order valence-corrected chi connectivity index (χ2v) is 8.20. The van der Waals surface area contributed by atoms with Crippen LogP contribution in [-0.2, 0) is 0 Å². The van der Waals surface area contributed by atoms with E-state index in [9.17, 15) is 4.39 Å². The van der Waals surface area contributed by atoms with Crippen molar-refractivity contribution in [2.24, 2.45) is 10.9 Å². The van der Waals surface area contributed by atoms with Crippen molar-refractivity contribution in [3.63, 3.8) is 0 Å². The van der Waals surface area contributed by atoms with Crippen molar-refractivity contribution in [1.29, 1.82) is 0 Å². The number of unbranched alkanes of at least 4 members (excludes halogenated alkanes) is 2. The van der Waals surface area contributed by atoms with Gasteiger partial charge in [0, 0.05) is 17.8 Å². The smallest absolute Gasteiger partial charge is 0.165 e. The predicted molar refractivity (Wildman–Crippen MR) is 118 cm³/mol. The lowest BCUT2D eigenvalue weighted by atomic mass is 9.76. The molecule has 0 saturated heterocycles. The Labute approximate surface area is 173 Å². The Bertz CT molecular complexity index is 850. The maximum Gasteiger partial charge on any atom is 0.165 e. The molecular weight excluding hydrogens is 367 g/mol. The van der Waals surface area contributed by atoms with Crippen molar-refractivity contribution in [3.05, 3.63) is 47.4 Å². The number of aliphatic imine (C=N–C) groups is 1. The maximum atomic E-state index is 14.5. The monoisotopic (exact) mass is 396 g/mol. The van der Waals surface area contributed by atoms with Crippen molar-refractivity contribution in [3.8, 4) is 11.1 Å². The van der Waals surface area contributed by atoms with Crippen LogP contribution in [0, 0.1) is 18.7 Å². The van der Waals surface area contributed by atoms with E-state index in [1.807, 2.05) is 6.07 Å². The molecule has 1 aliphatic rings. The number of aromatic nitrogens is 1.